The summed E-state index contributed by atoms with van der Waals surface area (Å²) in [5, 5.41) is 1.23. The van der Waals surface area contributed by atoms with Gasteiger partial charge in [-0.2, -0.15) is 0 Å². The predicted molar refractivity (Wildman–Crippen MR) is 108 cm³/mol. The fourth-order valence-corrected chi connectivity index (χ4v) is 4.35. The topological polar surface area (TPSA) is 57.7 Å². The van der Waals surface area contributed by atoms with E-state index >= 15 is 0 Å². The average molecular weight is 370 g/mol. The number of hydrogen-bond acceptors (Lipinski definition) is 5. The second kappa shape index (κ2) is 5.78. The number of anilines is 1. The van der Waals surface area contributed by atoms with E-state index in [0.717, 1.165) is 42.1 Å². The van der Waals surface area contributed by atoms with Crippen LogP contribution in [0.25, 0.3) is 11.0 Å². The second-order valence-corrected chi connectivity index (χ2v) is 10.3. The molecule has 0 spiro atoms. The Morgan fingerprint density at radius 3 is 2.50 bits per heavy atom. The standard InChI is InChI=1S/C20H27N5S/c1-19(2,3)17-22-12-9-21-10-14(16(12)24-17)25-8-7-15-13(11-25)23-18(26-15)20(4,5)6/h9-10H,7-8,11H2,1-6H3,(H,22,24). The number of aromatic nitrogens is 4. The monoisotopic (exact) mass is 369 g/mol. The molecule has 3 aromatic rings. The molecule has 0 unspecified atom stereocenters. The molecule has 3 aromatic heterocycles. The van der Waals surface area contributed by atoms with Crippen LogP contribution < -0.4 is 4.90 Å². The lowest BCUT2D eigenvalue weighted by Crippen LogP contribution is -2.30. The SMILES string of the molecule is CC(C)(C)c1nc2c(N3CCc4sc(C(C)(C)C)nc4C3)cncc2[nH]1. The zero-order chi connectivity index (χ0) is 18.7. The van der Waals surface area contributed by atoms with Crippen LogP contribution in [0.3, 0.4) is 0 Å². The number of rotatable bonds is 1. The van der Waals surface area contributed by atoms with Crippen molar-refractivity contribution in [1.82, 2.24) is 19.9 Å². The molecule has 6 heteroatoms. The largest absolute Gasteiger partial charge is 0.362 e. The lowest BCUT2D eigenvalue weighted by Gasteiger charge is -2.27. The summed E-state index contributed by atoms with van der Waals surface area (Å²) in [6.45, 7) is 15.0. The van der Waals surface area contributed by atoms with E-state index in [4.69, 9.17) is 9.97 Å². The summed E-state index contributed by atoms with van der Waals surface area (Å²) < 4.78 is 0. The van der Waals surface area contributed by atoms with E-state index in [1.54, 1.807) is 0 Å². The number of hydrogen-bond donors (Lipinski definition) is 1. The van der Waals surface area contributed by atoms with Crippen molar-refractivity contribution in [2.45, 2.75) is 65.3 Å². The van der Waals surface area contributed by atoms with Crippen molar-refractivity contribution in [2.75, 3.05) is 11.4 Å². The third kappa shape index (κ3) is 3.00. The molecule has 0 saturated heterocycles. The Kier molecular flexibility index (Phi) is 3.88. The maximum absolute atomic E-state index is 4.95. The Morgan fingerprint density at radius 1 is 1.04 bits per heavy atom. The van der Waals surface area contributed by atoms with Gasteiger partial charge >= 0.3 is 0 Å². The van der Waals surface area contributed by atoms with Crippen molar-refractivity contribution in [3.05, 3.63) is 33.8 Å². The summed E-state index contributed by atoms with van der Waals surface area (Å²) in [6, 6.07) is 0. The zero-order valence-electron chi connectivity index (χ0n) is 16.5. The van der Waals surface area contributed by atoms with E-state index in [2.05, 4.69) is 56.4 Å². The third-order valence-electron chi connectivity index (χ3n) is 4.80. The molecule has 5 nitrogen and oxygen atoms in total. The van der Waals surface area contributed by atoms with E-state index in [1.807, 2.05) is 23.7 Å². The van der Waals surface area contributed by atoms with Gasteiger partial charge in [0.1, 0.15) is 11.3 Å². The molecule has 0 bridgehead atoms. The number of pyridine rings is 1. The number of aromatic amines is 1. The van der Waals surface area contributed by atoms with Crippen molar-refractivity contribution in [2.24, 2.45) is 0 Å². The highest BCUT2D eigenvalue weighted by atomic mass is 32.1. The summed E-state index contributed by atoms with van der Waals surface area (Å²) in [5.41, 5.74) is 4.44. The summed E-state index contributed by atoms with van der Waals surface area (Å²) in [6.07, 6.45) is 4.85. The van der Waals surface area contributed by atoms with Gasteiger partial charge in [-0.3, -0.25) is 4.98 Å². The molecule has 138 valence electrons. The van der Waals surface area contributed by atoms with Gasteiger partial charge in [-0.05, 0) is 0 Å². The predicted octanol–water partition coefficient (Wildman–Crippen LogP) is 4.57. The maximum Gasteiger partial charge on any atom is 0.115 e. The Labute approximate surface area is 158 Å². The first-order valence-corrected chi connectivity index (χ1v) is 10.0. The highest BCUT2D eigenvalue weighted by Crippen LogP contribution is 2.35. The van der Waals surface area contributed by atoms with Crippen LogP contribution in [0.5, 0.6) is 0 Å². The average Bonchev–Trinajstić information content (AvgIpc) is 3.17. The van der Waals surface area contributed by atoms with E-state index < -0.39 is 0 Å². The summed E-state index contributed by atoms with van der Waals surface area (Å²) in [4.78, 5) is 21.6. The van der Waals surface area contributed by atoms with Gasteiger partial charge in [0.25, 0.3) is 0 Å². The van der Waals surface area contributed by atoms with Crippen LogP contribution in [-0.4, -0.2) is 26.5 Å². The van der Waals surface area contributed by atoms with E-state index in [1.165, 1.54) is 15.6 Å². The van der Waals surface area contributed by atoms with Gasteiger partial charge in [0.05, 0.1) is 40.8 Å². The van der Waals surface area contributed by atoms with E-state index in [9.17, 15) is 0 Å². The molecule has 0 fully saturated rings. The number of H-pyrrole nitrogens is 1. The molecule has 1 N–H and O–H groups in total. The fourth-order valence-electron chi connectivity index (χ4n) is 3.23. The van der Waals surface area contributed by atoms with Gasteiger partial charge in [-0.25, -0.2) is 9.97 Å². The van der Waals surface area contributed by atoms with E-state index in [-0.39, 0.29) is 10.8 Å². The molecule has 0 radical (unpaired) electrons. The summed E-state index contributed by atoms with van der Waals surface area (Å²) >= 11 is 1.88. The van der Waals surface area contributed by atoms with Crippen LogP contribution >= 0.6 is 11.3 Å². The van der Waals surface area contributed by atoms with Crippen LogP contribution in [0.4, 0.5) is 5.69 Å². The van der Waals surface area contributed by atoms with Gasteiger partial charge in [-0.1, -0.05) is 41.5 Å². The molecule has 0 saturated carbocycles. The van der Waals surface area contributed by atoms with Gasteiger partial charge < -0.3 is 9.88 Å². The molecule has 0 aromatic carbocycles. The third-order valence-corrected chi connectivity index (χ3v) is 6.38. The number of nitrogens with one attached hydrogen (secondary N) is 1. The smallest absolute Gasteiger partial charge is 0.115 e. The minimum Gasteiger partial charge on any atom is -0.362 e. The number of fused-ring (bicyclic) bond motifs is 2. The Hall–Kier alpha value is -1.95. The molecule has 1 aliphatic rings. The minimum absolute atomic E-state index is 0.0120. The number of thiazole rings is 1. The first-order chi connectivity index (χ1) is 12.1. The lowest BCUT2D eigenvalue weighted by atomic mass is 9.96. The van der Waals surface area contributed by atoms with Crippen LogP contribution in [0.1, 0.15) is 62.9 Å². The van der Waals surface area contributed by atoms with E-state index in [0.29, 0.717) is 0 Å². The first kappa shape index (κ1) is 17.5. The van der Waals surface area contributed by atoms with Crippen LogP contribution in [0, 0.1) is 0 Å². The van der Waals surface area contributed by atoms with Crippen LogP contribution in [0.2, 0.25) is 0 Å². The first-order valence-electron chi connectivity index (χ1n) is 9.21. The minimum atomic E-state index is -0.0120. The molecule has 4 rings (SSSR count). The molecular formula is C20H27N5S. The highest BCUT2D eigenvalue weighted by molar-refractivity contribution is 7.11. The van der Waals surface area contributed by atoms with Crippen molar-refractivity contribution in [3.63, 3.8) is 0 Å². The van der Waals surface area contributed by atoms with Crippen molar-refractivity contribution < 1.29 is 0 Å². The molecular weight excluding hydrogens is 342 g/mol. The van der Waals surface area contributed by atoms with Gasteiger partial charge in [0, 0.05) is 28.7 Å². The molecule has 1 aliphatic heterocycles. The number of nitrogens with zero attached hydrogens (tertiary/aromatic N) is 4. The quantitative estimate of drug-likeness (QED) is 0.682. The van der Waals surface area contributed by atoms with Crippen molar-refractivity contribution in [3.8, 4) is 0 Å². The molecule has 4 heterocycles. The highest BCUT2D eigenvalue weighted by Gasteiger charge is 2.27. The van der Waals surface area contributed by atoms with Gasteiger partial charge in [-0.15, -0.1) is 11.3 Å². The van der Waals surface area contributed by atoms with Gasteiger partial charge in [0.2, 0.25) is 0 Å². The number of imidazole rings is 1. The molecule has 0 atom stereocenters. The fraction of sp³-hybridized carbons (Fsp3) is 0.550. The van der Waals surface area contributed by atoms with Gasteiger partial charge in [0.15, 0.2) is 0 Å². The molecule has 26 heavy (non-hydrogen) atoms. The normalized spacial score (nSPS) is 15.5. The zero-order valence-corrected chi connectivity index (χ0v) is 17.3. The van der Waals surface area contributed by atoms with Crippen molar-refractivity contribution >= 4 is 28.1 Å². The maximum atomic E-state index is 4.95. The lowest BCUT2D eigenvalue weighted by molar-refractivity contribution is 0.554. The Bertz CT molecular complexity index is 955. The second-order valence-electron chi connectivity index (χ2n) is 9.20. The Morgan fingerprint density at radius 2 is 1.81 bits per heavy atom. The Balaban J connectivity index is 1.71. The van der Waals surface area contributed by atoms with Crippen LogP contribution in [0.15, 0.2) is 12.4 Å². The summed E-state index contributed by atoms with van der Waals surface area (Å²) in [7, 11) is 0. The summed E-state index contributed by atoms with van der Waals surface area (Å²) in [5.74, 6) is 1.00. The van der Waals surface area contributed by atoms with Crippen molar-refractivity contribution in [1.29, 1.82) is 0 Å². The molecule has 0 amide bonds. The van der Waals surface area contributed by atoms with Crippen LogP contribution in [-0.2, 0) is 23.8 Å². The molecule has 0 aliphatic carbocycles.